The Hall–Kier alpha value is -2.31. The fourth-order valence-electron chi connectivity index (χ4n) is 2.18. The summed E-state index contributed by atoms with van der Waals surface area (Å²) in [5.41, 5.74) is 8.72. The zero-order valence-corrected chi connectivity index (χ0v) is 13.0. The number of amides is 1. The summed E-state index contributed by atoms with van der Waals surface area (Å²) in [6.45, 7) is 7.49. The number of likely N-dealkylation sites (N-methyl/N-ethyl adjacent to an activating group) is 1. The Bertz CT molecular complexity index is 622. The van der Waals surface area contributed by atoms with Gasteiger partial charge in [-0.1, -0.05) is 0 Å². The van der Waals surface area contributed by atoms with Crippen molar-refractivity contribution >= 4 is 11.7 Å². The fourth-order valence-corrected chi connectivity index (χ4v) is 2.18. The standard InChI is InChI=1S/C14H22N6O/c1-5-20-11(3)12(6-16-20)8-18(4)13(21)9-19-7-10(2)14(15)17-19/h6-7H,5,8-9H2,1-4H3,(H2,15,17). The largest absolute Gasteiger partial charge is 0.382 e. The molecule has 21 heavy (non-hydrogen) atoms. The molecule has 0 fully saturated rings. The topological polar surface area (TPSA) is 82.0 Å². The molecule has 0 spiro atoms. The summed E-state index contributed by atoms with van der Waals surface area (Å²) < 4.78 is 3.50. The molecule has 7 nitrogen and oxygen atoms in total. The van der Waals surface area contributed by atoms with E-state index in [2.05, 4.69) is 10.2 Å². The molecule has 0 aliphatic carbocycles. The highest BCUT2D eigenvalue weighted by atomic mass is 16.2. The molecule has 0 radical (unpaired) electrons. The first-order chi connectivity index (χ1) is 9.92. The van der Waals surface area contributed by atoms with Gasteiger partial charge >= 0.3 is 0 Å². The van der Waals surface area contributed by atoms with E-state index in [4.69, 9.17) is 5.73 Å². The van der Waals surface area contributed by atoms with E-state index in [9.17, 15) is 4.79 Å². The monoisotopic (exact) mass is 290 g/mol. The minimum absolute atomic E-state index is 0.0128. The van der Waals surface area contributed by atoms with E-state index >= 15 is 0 Å². The number of rotatable bonds is 5. The summed E-state index contributed by atoms with van der Waals surface area (Å²) in [5.74, 6) is 0.451. The van der Waals surface area contributed by atoms with E-state index in [1.54, 1.807) is 22.8 Å². The maximum Gasteiger partial charge on any atom is 0.244 e. The normalized spacial score (nSPS) is 10.9. The van der Waals surface area contributed by atoms with Gasteiger partial charge in [0.05, 0.1) is 6.20 Å². The number of nitrogens with two attached hydrogens (primary N) is 1. The number of nitrogen functional groups attached to an aromatic ring is 1. The molecule has 0 atom stereocenters. The van der Waals surface area contributed by atoms with Crippen LogP contribution in [0, 0.1) is 13.8 Å². The molecular formula is C14H22N6O. The summed E-state index contributed by atoms with van der Waals surface area (Å²) in [6.07, 6.45) is 3.60. The summed E-state index contributed by atoms with van der Waals surface area (Å²) in [7, 11) is 1.78. The van der Waals surface area contributed by atoms with Gasteiger partial charge in [0, 0.05) is 43.2 Å². The van der Waals surface area contributed by atoms with Crippen molar-refractivity contribution in [2.45, 2.75) is 40.4 Å². The second-order valence-corrected chi connectivity index (χ2v) is 5.22. The van der Waals surface area contributed by atoms with Crippen LogP contribution in [0.15, 0.2) is 12.4 Å². The van der Waals surface area contributed by atoms with Gasteiger partial charge in [0.1, 0.15) is 12.4 Å². The highest BCUT2D eigenvalue weighted by Gasteiger charge is 2.14. The maximum absolute atomic E-state index is 12.2. The zero-order chi connectivity index (χ0) is 15.6. The molecule has 0 saturated carbocycles. The maximum atomic E-state index is 12.2. The summed E-state index contributed by atoms with van der Waals surface area (Å²) in [4.78, 5) is 13.9. The molecule has 2 heterocycles. The van der Waals surface area contributed by atoms with Crippen LogP contribution >= 0.6 is 0 Å². The van der Waals surface area contributed by atoms with Crippen molar-refractivity contribution < 1.29 is 4.79 Å². The van der Waals surface area contributed by atoms with Crippen molar-refractivity contribution in [3.63, 3.8) is 0 Å². The van der Waals surface area contributed by atoms with Crippen LogP contribution < -0.4 is 5.73 Å². The summed E-state index contributed by atoms with van der Waals surface area (Å²) in [6, 6.07) is 0. The molecular weight excluding hydrogens is 268 g/mol. The van der Waals surface area contributed by atoms with Crippen LogP contribution in [-0.4, -0.2) is 37.4 Å². The van der Waals surface area contributed by atoms with Crippen LogP contribution in [0.2, 0.25) is 0 Å². The predicted octanol–water partition coefficient (Wildman–Crippen LogP) is 0.957. The zero-order valence-electron chi connectivity index (χ0n) is 13.0. The van der Waals surface area contributed by atoms with E-state index in [1.165, 1.54) is 0 Å². The second kappa shape index (κ2) is 5.99. The molecule has 1 amide bonds. The lowest BCUT2D eigenvalue weighted by Crippen LogP contribution is -2.30. The molecule has 2 aromatic heterocycles. The molecule has 0 bridgehead atoms. The Kier molecular flexibility index (Phi) is 4.30. The third kappa shape index (κ3) is 3.24. The van der Waals surface area contributed by atoms with Crippen molar-refractivity contribution in [3.8, 4) is 0 Å². The molecule has 114 valence electrons. The minimum atomic E-state index is -0.0128. The molecule has 0 unspecified atom stereocenters. The van der Waals surface area contributed by atoms with Crippen molar-refractivity contribution in [2.75, 3.05) is 12.8 Å². The lowest BCUT2D eigenvalue weighted by Gasteiger charge is -2.17. The van der Waals surface area contributed by atoms with Gasteiger partial charge in [-0.2, -0.15) is 10.2 Å². The third-order valence-electron chi connectivity index (χ3n) is 3.62. The number of aryl methyl sites for hydroxylation is 2. The average Bonchev–Trinajstić information content (AvgIpc) is 2.93. The first-order valence-corrected chi connectivity index (χ1v) is 6.97. The van der Waals surface area contributed by atoms with Crippen LogP contribution in [0.4, 0.5) is 5.82 Å². The molecule has 2 rings (SSSR count). The number of aromatic nitrogens is 4. The van der Waals surface area contributed by atoms with Crippen molar-refractivity contribution in [1.82, 2.24) is 24.5 Å². The molecule has 0 aromatic carbocycles. The first kappa shape index (κ1) is 15.1. The average molecular weight is 290 g/mol. The van der Waals surface area contributed by atoms with Crippen LogP contribution in [0.3, 0.4) is 0 Å². The number of anilines is 1. The van der Waals surface area contributed by atoms with Crippen molar-refractivity contribution in [2.24, 2.45) is 0 Å². The minimum Gasteiger partial charge on any atom is -0.382 e. The van der Waals surface area contributed by atoms with Crippen LogP contribution in [0.5, 0.6) is 0 Å². The quantitative estimate of drug-likeness (QED) is 0.889. The Morgan fingerprint density at radius 3 is 2.67 bits per heavy atom. The van der Waals surface area contributed by atoms with Gasteiger partial charge in [-0.15, -0.1) is 0 Å². The number of hydrogen-bond donors (Lipinski definition) is 1. The van der Waals surface area contributed by atoms with E-state index in [0.29, 0.717) is 12.4 Å². The van der Waals surface area contributed by atoms with Gasteiger partial charge in [-0.25, -0.2) is 0 Å². The number of carbonyl (C=O) groups is 1. The van der Waals surface area contributed by atoms with Gasteiger partial charge in [0.15, 0.2) is 0 Å². The SMILES string of the molecule is CCn1ncc(CN(C)C(=O)Cn2cc(C)c(N)n2)c1C. The lowest BCUT2D eigenvalue weighted by molar-refractivity contribution is -0.131. The van der Waals surface area contributed by atoms with Crippen molar-refractivity contribution in [3.05, 3.63) is 29.2 Å². The van der Waals surface area contributed by atoms with Gasteiger partial charge in [-0.05, 0) is 20.8 Å². The van der Waals surface area contributed by atoms with Crippen LogP contribution in [-0.2, 0) is 24.4 Å². The summed E-state index contributed by atoms with van der Waals surface area (Å²) >= 11 is 0. The smallest absolute Gasteiger partial charge is 0.244 e. The molecule has 2 N–H and O–H groups in total. The molecule has 0 aliphatic rings. The van der Waals surface area contributed by atoms with Crippen LogP contribution in [0.1, 0.15) is 23.7 Å². The Morgan fingerprint density at radius 1 is 1.43 bits per heavy atom. The number of hydrogen-bond acceptors (Lipinski definition) is 4. The number of nitrogens with zero attached hydrogens (tertiary/aromatic N) is 5. The van der Waals surface area contributed by atoms with E-state index in [1.807, 2.05) is 31.6 Å². The van der Waals surface area contributed by atoms with Gasteiger partial charge in [-0.3, -0.25) is 14.2 Å². The van der Waals surface area contributed by atoms with Crippen LogP contribution in [0.25, 0.3) is 0 Å². The van der Waals surface area contributed by atoms with E-state index < -0.39 is 0 Å². The first-order valence-electron chi connectivity index (χ1n) is 6.97. The Morgan fingerprint density at radius 2 is 2.14 bits per heavy atom. The van der Waals surface area contributed by atoms with Crippen molar-refractivity contribution in [1.29, 1.82) is 0 Å². The van der Waals surface area contributed by atoms with Gasteiger partial charge < -0.3 is 10.6 Å². The van der Waals surface area contributed by atoms with Gasteiger partial charge in [0.2, 0.25) is 5.91 Å². The summed E-state index contributed by atoms with van der Waals surface area (Å²) in [5, 5.41) is 8.40. The second-order valence-electron chi connectivity index (χ2n) is 5.22. The van der Waals surface area contributed by atoms with E-state index in [-0.39, 0.29) is 12.5 Å². The highest BCUT2D eigenvalue weighted by Crippen LogP contribution is 2.11. The highest BCUT2D eigenvalue weighted by molar-refractivity contribution is 5.75. The fraction of sp³-hybridized carbons (Fsp3) is 0.500. The lowest BCUT2D eigenvalue weighted by atomic mass is 10.2. The predicted molar refractivity (Wildman–Crippen MR) is 80.5 cm³/mol. The molecule has 2 aromatic rings. The number of carbonyl (C=O) groups excluding carboxylic acids is 1. The Balaban J connectivity index is 2.00. The molecule has 7 heteroatoms. The molecule has 0 saturated heterocycles. The third-order valence-corrected chi connectivity index (χ3v) is 3.62. The Labute approximate surface area is 124 Å². The molecule has 0 aliphatic heterocycles. The van der Waals surface area contributed by atoms with Gasteiger partial charge in [0.25, 0.3) is 0 Å². The van der Waals surface area contributed by atoms with E-state index in [0.717, 1.165) is 23.4 Å².